The molecule has 0 radical (unpaired) electrons. The first-order chi connectivity index (χ1) is 20.1. The molecule has 0 spiro atoms. The van der Waals surface area contributed by atoms with Crippen LogP contribution in [0.5, 0.6) is 0 Å². The van der Waals surface area contributed by atoms with Crippen LogP contribution >= 0.6 is 0 Å². The molecule has 1 aliphatic rings. The molecule has 0 bridgehead atoms. The van der Waals surface area contributed by atoms with Gasteiger partial charge in [0.15, 0.2) is 0 Å². The number of carbonyl (C=O) groups excluding carboxylic acids is 1. The van der Waals surface area contributed by atoms with Crippen molar-refractivity contribution in [3.63, 3.8) is 0 Å². The molecule has 0 unspecified atom stereocenters. The van der Waals surface area contributed by atoms with Crippen LogP contribution in [0.2, 0.25) is 0 Å². The molecule has 1 amide bonds. The highest BCUT2D eigenvalue weighted by molar-refractivity contribution is 7.85. The van der Waals surface area contributed by atoms with Gasteiger partial charge >= 0.3 is 0 Å². The lowest BCUT2D eigenvalue weighted by molar-refractivity contribution is -0.703. The van der Waals surface area contributed by atoms with Gasteiger partial charge in [0.2, 0.25) is 5.91 Å². The van der Waals surface area contributed by atoms with Gasteiger partial charge < -0.3 is 15.0 Å². The fourth-order valence-corrected chi connectivity index (χ4v) is 6.63. The molecule has 0 saturated heterocycles. The zero-order chi connectivity index (χ0) is 30.3. The highest BCUT2D eigenvalue weighted by atomic mass is 32.2. The lowest BCUT2D eigenvalue weighted by Gasteiger charge is -2.37. The van der Waals surface area contributed by atoms with E-state index < -0.39 is 15.5 Å². The summed E-state index contributed by atoms with van der Waals surface area (Å²) >= 11 is 0. The predicted molar refractivity (Wildman–Crippen MR) is 160 cm³/mol. The molecule has 222 valence electrons. The third-order valence-electron chi connectivity index (χ3n) is 8.30. The minimum absolute atomic E-state index is 0.133. The molecule has 8 nitrogen and oxygen atoms in total. The molecule has 1 heterocycles. The zero-order valence-electron chi connectivity index (χ0n) is 24.3. The molecule has 1 fully saturated rings. The van der Waals surface area contributed by atoms with E-state index in [0.717, 1.165) is 42.5 Å². The van der Waals surface area contributed by atoms with Crippen molar-refractivity contribution < 1.29 is 27.1 Å². The van der Waals surface area contributed by atoms with E-state index >= 15 is 0 Å². The van der Waals surface area contributed by atoms with E-state index in [1.807, 2.05) is 67.6 Å². The smallest absolute Gasteiger partial charge is 0.253 e. The number of hydrogen-bond donors (Lipinski definition) is 1. The Morgan fingerprint density at radius 1 is 0.976 bits per heavy atom. The first-order valence-electron chi connectivity index (χ1n) is 14.1. The minimum Gasteiger partial charge on any atom is -0.744 e. The molecule has 2 N–H and O–H groups in total. The number of rotatable bonds is 9. The van der Waals surface area contributed by atoms with E-state index in [1.54, 1.807) is 19.2 Å². The van der Waals surface area contributed by atoms with E-state index in [-0.39, 0.29) is 16.7 Å². The molecule has 5 rings (SSSR count). The number of benzene rings is 3. The van der Waals surface area contributed by atoms with E-state index in [1.165, 1.54) is 18.0 Å². The van der Waals surface area contributed by atoms with Crippen molar-refractivity contribution in [3.8, 4) is 0 Å². The second-order valence-corrected chi connectivity index (χ2v) is 12.2. The van der Waals surface area contributed by atoms with Crippen molar-refractivity contribution in [1.29, 1.82) is 0 Å². The number of carbonyl (C=O) groups is 1. The van der Waals surface area contributed by atoms with Gasteiger partial charge in [-0.25, -0.2) is 17.6 Å². The molecule has 1 aromatic heterocycles. The Kier molecular flexibility index (Phi) is 9.98. The number of aryl methyl sites for hydroxylation is 1. The number of methoxy groups -OCH3 is 1. The third-order valence-corrected chi connectivity index (χ3v) is 9.15. The standard InChI is InChI=1S/C26H31N3O2.C7H8O3S/c1-20-28(17-18-31-2)15-16-29(20)24-14-13-23(19-24)26(25(27)30,21-9-5-3-6-10-21)22-11-7-4-8-12-22;1-6-2-4-7(5-3-6)11(8,9)10/h3-12,15-16,23-24H,13-14,17-19H2,1-2H3,(H-,27,30);2-5H,1H3,(H,8,9,10)/t23-,24-;/m1./s1. The number of aromatic nitrogens is 2. The topological polar surface area (TPSA) is 118 Å². The van der Waals surface area contributed by atoms with Gasteiger partial charge in [-0.15, -0.1) is 0 Å². The lowest BCUT2D eigenvalue weighted by Crippen LogP contribution is -2.47. The molecule has 4 aromatic rings. The van der Waals surface area contributed by atoms with Crippen molar-refractivity contribution >= 4 is 16.0 Å². The molecule has 3 aromatic carbocycles. The number of imidazole rings is 1. The van der Waals surface area contributed by atoms with Crippen molar-refractivity contribution in [1.82, 2.24) is 4.57 Å². The van der Waals surface area contributed by atoms with Gasteiger partial charge in [0, 0.05) is 14.0 Å². The van der Waals surface area contributed by atoms with Crippen LogP contribution in [0.3, 0.4) is 0 Å². The fourth-order valence-electron chi connectivity index (χ4n) is 6.16. The first-order valence-corrected chi connectivity index (χ1v) is 15.5. The third kappa shape index (κ3) is 6.64. The predicted octanol–water partition coefficient (Wildman–Crippen LogP) is 4.44. The summed E-state index contributed by atoms with van der Waals surface area (Å²) in [5.41, 5.74) is 8.29. The Labute approximate surface area is 248 Å². The monoisotopic (exact) mass is 589 g/mol. The summed E-state index contributed by atoms with van der Waals surface area (Å²) in [5, 5.41) is 0. The van der Waals surface area contributed by atoms with Crippen LogP contribution in [0.25, 0.3) is 0 Å². The zero-order valence-corrected chi connectivity index (χ0v) is 25.2. The second kappa shape index (κ2) is 13.5. The van der Waals surface area contributed by atoms with E-state index in [4.69, 9.17) is 10.5 Å². The van der Waals surface area contributed by atoms with Crippen molar-refractivity contribution in [2.45, 2.75) is 56.0 Å². The van der Waals surface area contributed by atoms with Gasteiger partial charge in [0.25, 0.3) is 5.82 Å². The SMILES string of the molecule is COCC[n+]1ccn([C@@H]2CC[C@@H](C(C(N)=O)(c3ccccc3)c3ccccc3)C2)c1C.Cc1ccc(S(=O)(=O)[O-])cc1. The van der Waals surface area contributed by atoms with Gasteiger partial charge in [-0.05, 0) is 55.4 Å². The van der Waals surface area contributed by atoms with Crippen molar-refractivity contribution in [2.24, 2.45) is 11.7 Å². The number of hydrogen-bond acceptors (Lipinski definition) is 5. The minimum atomic E-state index is -4.27. The maximum absolute atomic E-state index is 13.2. The van der Waals surface area contributed by atoms with Crippen molar-refractivity contribution in [3.05, 3.63) is 120 Å². The quantitative estimate of drug-likeness (QED) is 0.229. The normalized spacial score (nSPS) is 17.0. The molecule has 42 heavy (non-hydrogen) atoms. The lowest BCUT2D eigenvalue weighted by atomic mass is 9.64. The number of ether oxygens (including phenoxy) is 1. The van der Waals surface area contributed by atoms with Crippen LogP contribution in [0, 0.1) is 19.8 Å². The summed E-state index contributed by atoms with van der Waals surface area (Å²) in [5.74, 6) is 1.08. The number of nitrogens with two attached hydrogens (primary N) is 1. The van der Waals surface area contributed by atoms with E-state index in [2.05, 4.69) is 28.5 Å². The number of primary amides is 1. The Morgan fingerprint density at radius 3 is 2.05 bits per heavy atom. The fraction of sp³-hybridized carbons (Fsp3) is 0.333. The van der Waals surface area contributed by atoms with Gasteiger partial charge in [-0.2, -0.15) is 0 Å². The molecule has 2 atom stereocenters. The Bertz CT molecular complexity index is 1530. The Hall–Kier alpha value is -3.79. The van der Waals surface area contributed by atoms with Crippen LogP contribution < -0.4 is 10.3 Å². The summed E-state index contributed by atoms with van der Waals surface area (Å²) in [7, 11) is -2.54. The average Bonchev–Trinajstić information content (AvgIpc) is 3.60. The van der Waals surface area contributed by atoms with Crippen LogP contribution in [-0.4, -0.2) is 37.2 Å². The highest BCUT2D eigenvalue weighted by Crippen LogP contribution is 2.49. The van der Waals surface area contributed by atoms with Gasteiger partial charge in [-0.1, -0.05) is 78.4 Å². The van der Waals surface area contributed by atoms with Gasteiger partial charge in [-0.3, -0.25) is 4.79 Å². The van der Waals surface area contributed by atoms with Crippen molar-refractivity contribution in [2.75, 3.05) is 13.7 Å². The summed E-state index contributed by atoms with van der Waals surface area (Å²) < 4.78 is 41.0. The summed E-state index contributed by atoms with van der Waals surface area (Å²) in [4.78, 5) is 13.1. The van der Waals surface area contributed by atoms with Gasteiger partial charge in [0.05, 0.1) is 11.5 Å². The van der Waals surface area contributed by atoms with Gasteiger partial charge in [0.1, 0.15) is 40.5 Å². The number of amides is 1. The maximum atomic E-state index is 13.2. The molecular formula is C33H39N3O5S. The van der Waals surface area contributed by atoms with Crippen LogP contribution in [-0.2, 0) is 31.6 Å². The van der Waals surface area contributed by atoms with Crippen LogP contribution in [0.1, 0.15) is 47.8 Å². The second-order valence-electron chi connectivity index (χ2n) is 10.8. The molecule has 1 saturated carbocycles. The van der Waals surface area contributed by atoms with Crippen LogP contribution in [0.15, 0.2) is 102 Å². The Morgan fingerprint density at radius 2 is 1.55 bits per heavy atom. The number of nitrogens with zero attached hydrogens (tertiary/aromatic N) is 2. The summed E-state index contributed by atoms with van der Waals surface area (Å²) in [6, 6.07) is 26.3. The summed E-state index contributed by atoms with van der Waals surface area (Å²) in [6.07, 6.45) is 7.17. The molecule has 0 aliphatic heterocycles. The average molecular weight is 590 g/mol. The maximum Gasteiger partial charge on any atom is 0.253 e. The highest BCUT2D eigenvalue weighted by Gasteiger charge is 2.51. The summed E-state index contributed by atoms with van der Waals surface area (Å²) in [6.45, 7) is 5.50. The molecular weight excluding hydrogens is 550 g/mol. The van der Waals surface area contributed by atoms with E-state index in [0.29, 0.717) is 12.6 Å². The van der Waals surface area contributed by atoms with E-state index in [9.17, 15) is 17.8 Å². The molecule has 9 heteroatoms. The Balaban J connectivity index is 0.000000310. The largest absolute Gasteiger partial charge is 0.744 e. The first kappa shape index (κ1) is 31.2. The van der Waals surface area contributed by atoms with Crippen LogP contribution in [0.4, 0.5) is 0 Å². The molecule has 1 aliphatic carbocycles.